The van der Waals surface area contributed by atoms with Gasteiger partial charge in [-0.3, -0.25) is 14.9 Å². The fourth-order valence-corrected chi connectivity index (χ4v) is 3.01. The third-order valence-electron chi connectivity index (χ3n) is 3.47. The van der Waals surface area contributed by atoms with Gasteiger partial charge in [0.15, 0.2) is 0 Å². The van der Waals surface area contributed by atoms with Crippen molar-refractivity contribution in [3.8, 4) is 0 Å². The fourth-order valence-electron chi connectivity index (χ4n) is 2.32. The summed E-state index contributed by atoms with van der Waals surface area (Å²) < 4.78 is 0. The van der Waals surface area contributed by atoms with Crippen molar-refractivity contribution in [3.63, 3.8) is 0 Å². The highest BCUT2D eigenvalue weighted by Gasteiger charge is 2.08. The van der Waals surface area contributed by atoms with Crippen molar-refractivity contribution in [2.45, 2.75) is 12.8 Å². The van der Waals surface area contributed by atoms with Gasteiger partial charge in [0, 0.05) is 29.6 Å². The van der Waals surface area contributed by atoms with Gasteiger partial charge in [0.25, 0.3) is 0 Å². The van der Waals surface area contributed by atoms with E-state index >= 15 is 0 Å². The Balaban J connectivity index is 1.52. The van der Waals surface area contributed by atoms with Crippen LogP contribution >= 0.6 is 11.3 Å². The minimum Gasteiger partial charge on any atom is -0.361 e. The molecule has 0 aliphatic heterocycles. The van der Waals surface area contributed by atoms with Crippen LogP contribution in [-0.4, -0.2) is 22.0 Å². The summed E-state index contributed by atoms with van der Waals surface area (Å²) in [6, 6.07) is 10.9. The zero-order valence-corrected chi connectivity index (χ0v) is 13.4. The first-order chi connectivity index (χ1) is 11.6. The summed E-state index contributed by atoms with van der Waals surface area (Å²) in [5.41, 5.74) is 4.57. The van der Waals surface area contributed by atoms with Crippen molar-refractivity contribution in [3.05, 3.63) is 63.1 Å². The lowest BCUT2D eigenvalue weighted by atomic mass is 10.1. The van der Waals surface area contributed by atoms with Gasteiger partial charge < -0.3 is 4.98 Å². The summed E-state index contributed by atoms with van der Waals surface area (Å²) in [6.45, 7) is 0. The van der Waals surface area contributed by atoms with Gasteiger partial charge in [-0.25, -0.2) is 5.43 Å². The zero-order valence-electron chi connectivity index (χ0n) is 12.6. The molecule has 0 bridgehead atoms. The van der Waals surface area contributed by atoms with E-state index in [2.05, 4.69) is 15.5 Å². The van der Waals surface area contributed by atoms with Crippen LogP contribution in [0.4, 0.5) is 5.00 Å². The number of amides is 1. The number of aromatic amines is 1. The van der Waals surface area contributed by atoms with Crippen molar-refractivity contribution < 1.29 is 9.72 Å². The van der Waals surface area contributed by atoms with E-state index in [4.69, 9.17) is 0 Å². The van der Waals surface area contributed by atoms with Crippen molar-refractivity contribution in [2.24, 2.45) is 5.10 Å². The number of nitrogens with one attached hydrogen (secondary N) is 2. The molecular weight excluding hydrogens is 328 g/mol. The Morgan fingerprint density at radius 3 is 2.96 bits per heavy atom. The number of aryl methyl sites for hydroxylation is 1. The average Bonchev–Trinajstić information content (AvgIpc) is 3.20. The molecule has 7 nitrogen and oxygen atoms in total. The number of rotatable bonds is 6. The summed E-state index contributed by atoms with van der Waals surface area (Å²) in [6.07, 6.45) is 4.23. The predicted octanol–water partition coefficient (Wildman–Crippen LogP) is 3.22. The third kappa shape index (κ3) is 3.66. The van der Waals surface area contributed by atoms with Crippen LogP contribution < -0.4 is 5.43 Å². The molecule has 0 saturated carbocycles. The maximum atomic E-state index is 11.8. The van der Waals surface area contributed by atoms with Crippen LogP contribution in [0.5, 0.6) is 0 Å². The maximum absolute atomic E-state index is 11.8. The fraction of sp³-hybridized carbons (Fsp3) is 0.125. The van der Waals surface area contributed by atoms with Crippen LogP contribution in [0, 0.1) is 10.1 Å². The number of nitro groups is 1. The lowest BCUT2D eigenvalue weighted by molar-refractivity contribution is -0.380. The summed E-state index contributed by atoms with van der Waals surface area (Å²) in [5, 5.41) is 15.6. The number of carbonyl (C=O) groups excluding carboxylic acids is 1. The first kappa shape index (κ1) is 15.9. The summed E-state index contributed by atoms with van der Waals surface area (Å²) in [4.78, 5) is 25.8. The first-order valence-corrected chi connectivity index (χ1v) is 8.06. The molecule has 2 heterocycles. The number of hydrazone groups is 1. The van der Waals surface area contributed by atoms with Crippen LogP contribution in [-0.2, 0) is 11.2 Å². The highest BCUT2D eigenvalue weighted by atomic mass is 32.1. The number of carbonyl (C=O) groups is 1. The quantitative estimate of drug-likeness (QED) is 0.408. The summed E-state index contributed by atoms with van der Waals surface area (Å²) in [7, 11) is 0. The van der Waals surface area contributed by atoms with Gasteiger partial charge in [0.1, 0.15) is 0 Å². The van der Waals surface area contributed by atoms with E-state index in [9.17, 15) is 14.9 Å². The van der Waals surface area contributed by atoms with Gasteiger partial charge in [-0.05, 0) is 24.1 Å². The van der Waals surface area contributed by atoms with Crippen molar-refractivity contribution >= 4 is 39.4 Å². The van der Waals surface area contributed by atoms with E-state index in [-0.39, 0.29) is 10.9 Å². The zero-order chi connectivity index (χ0) is 16.9. The second-order valence-electron chi connectivity index (χ2n) is 5.09. The first-order valence-electron chi connectivity index (χ1n) is 7.24. The topological polar surface area (TPSA) is 100 Å². The Hall–Kier alpha value is -3.00. The van der Waals surface area contributed by atoms with E-state index in [0.717, 1.165) is 27.8 Å². The lowest BCUT2D eigenvalue weighted by Gasteiger charge is -1.99. The minimum atomic E-state index is -0.457. The Morgan fingerprint density at radius 1 is 1.33 bits per heavy atom. The number of H-pyrrole nitrogens is 1. The normalized spacial score (nSPS) is 11.2. The number of aromatic nitrogens is 1. The molecular formula is C16H14N4O3S. The molecule has 2 N–H and O–H groups in total. The smallest absolute Gasteiger partial charge is 0.324 e. The van der Waals surface area contributed by atoms with Crippen molar-refractivity contribution in [1.82, 2.24) is 10.4 Å². The highest BCUT2D eigenvalue weighted by Crippen LogP contribution is 2.22. The van der Waals surface area contributed by atoms with Crippen molar-refractivity contribution in [2.75, 3.05) is 0 Å². The van der Waals surface area contributed by atoms with Gasteiger partial charge in [0.05, 0.1) is 16.0 Å². The molecule has 24 heavy (non-hydrogen) atoms. The standard InChI is InChI=1S/C16H14N4O3S/c21-15(19-18-10-12-6-8-16(24-12)20(22)23)7-5-11-9-17-14-4-2-1-3-13(11)14/h1-4,6,8-10,17H,5,7H2,(H,19,21)/b18-10+. The van der Waals surface area contributed by atoms with E-state index in [0.29, 0.717) is 17.7 Å². The number of para-hydroxylation sites is 1. The Kier molecular flexibility index (Phi) is 4.66. The van der Waals surface area contributed by atoms with E-state index in [1.165, 1.54) is 12.3 Å². The van der Waals surface area contributed by atoms with Crippen LogP contribution in [0.3, 0.4) is 0 Å². The Bertz CT molecular complexity index is 913. The second-order valence-corrected chi connectivity index (χ2v) is 6.18. The number of hydrogen-bond acceptors (Lipinski definition) is 5. The molecule has 1 amide bonds. The number of hydrogen-bond donors (Lipinski definition) is 2. The van der Waals surface area contributed by atoms with Gasteiger partial charge in [0.2, 0.25) is 5.91 Å². The molecule has 0 atom stereocenters. The number of nitrogens with zero attached hydrogens (tertiary/aromatic N) is 2. The molecule has 3 aromatic rings. The molecule has 0 radical (unpaired) electrons. The van der Waals surface area contributed by atoms with Gasteiger partial charge in [-0.1, -0.05) is 29.5 Å². The van der Waals surface area contributed by atoms with Gasteiger partial charge >= 0.3 is 5.00 Å². The second kappa shape index (κ2) is 7.05. The lowest BCUT2D eigenvalue weighted by Crippen LogP contribution is -2.17. The predicted molar refractivity (Wildman–Crippen MR) is 93.3 cm³/mol. The molecule has 0 spiro atoms. The SMILES string of the molecule is O=C(CCc1c[nH]c2ccccc12)N/N=C/c1ccc([N+](=O)[O-])s1. The van der Waals surface area contributed by atoms with Crippen LogP contribution in [0.1, 0.15) is 16.9 Å². The highest BCUT2D eigenvalue weighted by molar-refractivity contribution is 7.16. The monoisotopic (exact) mass is 342 g/mol. The number of benzene rings is 1. The van der Waals surface area contributed by atoms with Crippen molar-refractivity contribution in [1.29, 1.82) is 0 Å². The van der Waals surface area contributed by atoms with E-state index < -0.39 is 4.92 Å². The molecule has 0 fully saturated rings. The average molecular weight is 342 g/mol. The van der Waals surface area contributed by atoms with E-state index in [1.807, 2.05) is 30.5 Å². The molecule has 0 saturated heterocycles. The molecule has 0 aliphatic rings. The summed E-state index contributed by atoms with van der Waals surface area (Å²) in [5.74, 6) is -0.206. The largest absolute Gasteiger partial charge is 0.361 e. The molecule has 1 aromatic carbocycles. The third-order valence-corrected chi connectivity index (χ3v) is 4.44. The van der Waals surface area contributed by atoms with Crippen LogP contribution in [0.15, 0.2) is 47.7 Å². The molecule has 122 valence electrons. The maximum Gasteiger partial charge on any atom is 0.324 e. The van der Waals surface area contributed by atoms with Gasteiger partial charge in [-0.2, -0.15) is 5.10 Å². The Labute approximate surface area is 141 Å². The molecule has 8 heteroatoms. The molecule has 0 unspecified atom stereocenters. The van der Waals surface area contributed by atoms with Gasteiger partial charge in [-0.15, -0.1) is 0 Å². The number of fused-ring (bicyclic) bond motifs is 1. The molecule has 3 rings (SSSR count). The Morgan fingerprint density at radius 2 is 2.17 bits per heavy atom. The molecule has 2 aromatic heterocycles. The number of thiophene rings is 1. The molecule has 0 aliphatic carbocycles. The van der Waals surface area contributed by atoms with Crippen LogP contribution in [0.2, 0.25) is 0 Å². The van der Waals surface area contributed by atoms with Crippen LogP contribution in [0.25, 0.3) is 10.9 Å². The summed E-state index contributed by atoms with van der Waals surface area (Å²) >= 11 is 1.00. The van der Waals surface area contributed by atoms with E-state index in [1.54, 1.807) is 6.07 Å². The minimum absolute atomic E-state index is 0.0436.